The molecule has 0 aliphatic carbocycles. The summed E-state index contributed by atoms with van der Waals surface area (Å²) in [5.74, 6) is -1.18. The van der Waals surface area contributed by atoms with Crippen LogP contribution < -0.4 is 0 Å². The van der Waals surface area contributed by atoms with Crippen molar-refractivity contribution in [3.8, 4) is 0 Å². The van der Waals surface area contributed by atoms with Gasteiger partial charge in [-0.25, -0.2) is 0 Å². The third-order valence-electron chi connectivity index (χ3n) is 4.85. The predicted molar refractivity (Wildman–Crippen MR) is 126 cm³/mol. The summed E-state index contributed by atoms with van der Waals surface area (Å²) in [4.78, 5) is 22.9. The van der Waals surface area contributed by atoms with E-state index in [4.69, 9.17) is 9.84 Å². The van der Waals surface area contributed by atoms with Gasteiger partial charge in [0.15, 0.2) is 0 Å². The molecule has 172 valence electrons. The van der Waals surface area contributed by atoms with Crippen molar-refractivity contribution >= 4 is 11.9 Å². The Balaban J connectivity index is 3.76. The van der Waals surface area contributed by atoms with E-state index in [9.17, 15) is 9.59 Å². The zero-order valence-corrected chi connectivity index (χ0v) is 19.3. The summed E-state index contributed by atoms with van der Waals surface area (Å²) in [7, 11) is 0. The maximum Gasteiger partial charge on any atom is 0.307 e. The minimum Gasteiger partial charge on any atom is -0.481 e. The molecule has 0 aromatic rings. The van der Waals surface area contributed by atoms with Gasteiger partial charge in [-0.2, -0.15) is 0 Å². The van der Waals surface area contributed by atoms with E-state index < -0.39 is 12.1 Å². The van der Waals surface area contributed by atoms with E-state index >= 15 is 0 Å². The highest BCUT2D eigenvalue weighted by Crippen LogP contribution is 2.13. The van der Waals surface area contributed by atoms with Crippen LogP contribution in [0.5, 0.6) is 0 Å². The number of esters is 1. The average molecular weight is 421 g/mol. The zero-order chi connectivity index (χ0) is 22.3. The molecular weight excluding hydrogens is 376 g/mol. The summed E-state index contributed by atoms with van der Waals surface area (Å²) in [6.45, 7) is 4.32. The molecule has 0 bridgehead atoms. The SMILES string of the molecule is CCCCC/C=C\C/C=C\C/C=C\CCCCC(=O)OC(CCCCC)CC(=O)O. The lowest BCUT2D eigenvalue weighted by Crippen LogP contribution is -2.21. The van der Waals surface area contributed by atoms with Crippen LogP contribution in [0.3, 0.4) is 0 Å². The molecule has 0 radical (unpaired) electrons. The third-order valence-corrected chi connectivity index (χ3v) is 4.85. The molecule has 4 heteroatoms. The van der Waals surface area contributed by atoms with Gasteiger partial charge in [-0.05, 0) is 57.8 Å². The minimum atomic E-state index is -0.911. The second kappa shape index (κ2) is 21.9. The van der Waals surface area contributed by atoms with E-state index in [0.717, 1.165) is 51.4 Å². The van der Waals surface area contributed by atoms with E-state index in [2.05, 4.69) is 50.3 Å². The number of carbonyl (C=O) groups excluding carboxylic acids is 1. The van der Waals surface area contributed by atoms with Crippen LogP contribution in [-0.4, -0.2) is 23.1 Å². The van der Waals surface area contributed by atoms with Crippen LogP contribution in [0.4, 0.5) is 0 Å². The summed E-state index contributed by atoms with van der Waals surface area (Å²) in [5.41, 5.74) is 0. The van der Waals surface area contributed by atoms with Gasteiger partial charge < -0.3 is 9.84 Å². The zero-order valence-electron chi connectivity index (χ0n) is 19.3. The van der Waals surface area contributed by atoms with Crippen molar-refractivity contribution in [3.63, 3.8) is 0 Å². The van der Waals surface area contributed by atoms with Crippen LogP contribution in [0.25, 0.3) is 0 Å². The van der Waals surface area contributed by atoms with Crippen molar-refractivity contribution in [2.24, 2.45) is 0 Å². The summed E-state index contributed by atoms with van der Waals surface area (Å²) in [6.07, 6.45) is 26.3. The smallest absolute Gasteiger partial charge is 0.307 e. The first-order valence-electron chi connectivity index (χ1n) is 12.0. The maximum absolute atomic E-state index is 12.0. The molecule has 30 heavy (non-hydrogen) atoms. The Kier molecular flexibility index (Phi) is 20.5. The average Bonchev–Trinajstić information content (AvgIpc) is 2.70. The van der Waals surface area contributed by atoms with E-state index in [0.29, 0.717) is 12.8 Å². The molecule has 0 saturated heterocycles. The Morgan fingerprint density at radius 3 is 1.87 bits per heavy atom. The minimum absolute atomic E-state index is 0.0969. The molecular formula is C26H44O4. The second-order valence-corrected chi connectivity index (χ2v) is 7.83. The van der Waals surface area contributed by atoms with E-state index in [1.807, 2.05) is 0 Å². The van der Waals surface area contributed by atoms with Gasteiger partial charge in [-0.3, -0.25) is 9.59 Å². The molecule has 1 unspecified atom stereocenters. The molecule has 1 N–H and O–H groups in total. The van der Waals surface area contributed by atoms with E-state index in [-0.39, 0.29) is 12.4 Å². The lowest BCUT2D eigenvalue weighted by atomic mass is 10.1. The van der Waals surface area contributed by atoms with Crippen LogP contribution in [-0.2, 0) is 14.3 Å². The highest BCUT2D eigenvalue weighted by Gasteiger charge is 2.17. The number of aliphatic carboxylic acids is 1. The molecule has 0 aliphatic rings. The molecule has 0 aromatic heterocycles. The monoisotopic (exact) mass is 420 g/mol. The number of carbonyl (C=O) groups is 2. The molecule has 0 rings (SSSR count). The van der Waals surface area contributed by atoms with E-state index in [1.54, 1.807) is 0 Å². The van der Waals surface area contributed by atoms with E-state index in [1.165, 1.54) is 25.7 Å². The van der Waals surface area contributed by atoms with Gasteiger partial charge in [0, 0.05) is 6.42 Å². The first-order chi connectivity index (χ1) is 14.6. The van der Waals surface area contributed by atoms with Crippen molar-refractivity contribution in [3.05, 3.63) is 36.5 Å². The van der Waals surface area contributed by atoms with Crippen LogP contribution in [0.15, 0.2) is 36.5 Å². The Hall–Kier alpha value is -1.84. The Bertz CT molecular complexity index is 505. The molecule has 0 heterocycles. The van der Waals surface area contributed by atoms with Gasteiger partial charge in [0.1, 0.15) is 6.10 Å². The van der Waals surface area contributed by atoms with Gasteiger partial charge in [0.05, 0.1) is 6.42 Å². The summed E-state index contributed by atoms with van der Waals surface area (Å²) in [5, 5.41) is 8.96. The predicted octanol–water partition coefficient (Wildman–Crippen LogP) is 7.54. The number of rotatable bonds is 20. The number of allylic oxidation sites excluding steroid dienone is 6. The van der Waals surface area contributed by atoms with Crippen LogP contribution in [0.2, 0.25) is 0 Å². The van der Waals surface area contributed by atoms with Gasteiger partial charge in [0.25, 0.3) is 0 Å². The molecule has 0 amide bonds. The number of unbranched alkanes of at least 4 members (excludes halogenated alkanes) is 7. The molecule has 0 spiro atoms. The molecule has 4 nitrogen and oxygen atoms in total. The topological polar surface area (TPSA) is 63.6 Å². The van der Waals surface area contributed by atoms with Gasteiger partial charge >= 0.3 is 11.9 Å². The summed E-state index contributed by atoms with van der Waals surface area (Å²) >= 11 is 0. The first kappa shape index (κ1) is 28.2. The third kappa shape index (κ3) is 20.9. The summed E-state index contributed by atoms with van der Waals surface area (Å²) in [6, 6.07) is 0. The van der Waals surface area contributed by atoms with Gasteiger partial charge in [-0.1, -0.05) is 76.0 Å². The fraction of sp³-hybridized carbons (Fsp3) is 0.692. The second-order valence-electron chi connectivity index (χ2n) is 7.83. The lowest BCUT2D eigenvalue weighted by molar-refractivity contribution is -0.153. The van der Waals surface area contributed by atoms with Crippen LogP contribution in [0.1, 0.15) is 110 Å². The number of hydrogen-bond donors (Lipinski definition) is 1. The van der Waals surface area contributed by atoms with Crippen molar-refractivity contribution in [1.82, 2.24) is 0 Å². The number of hydrogen-bond acceptors (Lipinski definition) is 3. The van der Waals surface area contributed by atoms with Crippen molar-refractivity contribution in [2.75, 3.05) is 0 Å². The fourth-order valence-electron chi connectivity index (χ4n) is 3.09. The quantitative estimate of drug-likeness (QED) is 0.125. The van der Waals surface area contributed by atoms with Crippen molar-refractivity contribution in [1.29, 1.82) is 0 Å². The molecule has 0 aromatic carbocycles. The number of carboxylic acid groups (broad SMARTS) is 1. The van der Waals surface area contributed by atoms with Crippen LogP contribution in [0, 0.1) is 0 Å². The molecule has 0 aliphatic heterocycles. The normalized spacial score (nSPS) is 12.9. The fourth-order valence-corrected chi connectivity index (χ4v) is 3.09. The first-order valence-corrected chi connectivity index (χ1v) is 12.0. The highest BCUT2D eigenvalue weighted by molar-refractivity contribution is 5.71. The van der Waals surface area contributed by atoms with Crippen LogP contribution >= 0.6 is 0 Å². The standard InChI is InChI=1S/C26H44O4/c1-3-5-7-8-9-10-11-12-13-14-15-16-17-18-20-22-26(29)30-24(23-25(27)28)21-19-6-4-2/h9-10,12-13,15-16,24H,3-8,11,14,17-23H2,1-2H3,(H,27,28)/b10-9-,13-12-,16-15-. The van der Waals surface area contributed by atoms with Gasteiger partial charge in [-0.15, -0.1) is 0 Å². The highest BCUT2D eigenvalue weighted by atomic mass is 16.5. The van der Waals surface area contributed by atoms with Gasteiger partial charge in [0.2, 0.25) is 0 Å². The lowest BCUT2D eigenvalue weighted by Gasteiger charge is -2.16. The molecule has 0 fully saturated rings. The molecule has 0 saturated carbocycles. The Labute approximate surface area is 184 Å². The Morgan fingerprint density at radius 1 is 0.767 bits per heavy atom. The van der Waals surface area contributed by atoms with Crippen molar-refractivity contribution in [2.45, 2.75) is 116 Å². The number of carboxylic acids is 1. The maximum atomic E-state index is 12.0. The summed E-state index contributed by atoms with van der Waals surface area (Å²) < 4.78 is 5.37. The largest absolute Gasteiger partial charge is 0.481 e. The number of ether oxygens (including phenoxy) is 1. The van der Waals surface area contributed by atoms with Crippen molar-refractivity contribution < 1.29 is 19.4 Å². The Morgan fingerprint density at radius 2 is 1.30 bits per heavy atom. The molecule has 1 atom stereocenters.